The minimum Gasteiger partial charge on any atom is -0.396 e. The Bertz CT molecular complexity index is 387. The molecular weight excluding hydrogens is 298 g/mol. The Hall–Kier alpha value is -0.950. The third-order valence-electron chi connectivity index (χ3n) is 4.38. The lowest BCUT2D eigenvalue weighted by Gasteiger charge is -2.21. The number of nitrogens with zero attached hydrogens (tertiary/aromatic N) is 1. The summed E-state index contributed by atoms with van der Waals surface area (Å²) in [6, 6.07) is 0. The Morgan fingerprint density at radius 2 is 2.22 bits per heavy atom. The molecule has 0 aromatic carbocycles. The van der Waals surface area contributed by atoms with E-state index in [1.165, 1.54) is 12.2 Å². The summed E-state index contributed by atoms with van der Waals surface area (Å²) in [5.74, 6) is -0.433. The molecule has 1 saturated heterocycles. The fourth-order valence-corrected chi connectivity index (χ4v) is 2.93. The Kier molecular flexibility index (Phi) is 8.76. The lowest BCUT2D eigenvalue weighted by Crippen LogP contribution is -2.32. The molecule has 6 nitrogen and oxygen atoms in total. The molecule has 1 aliphatic rings. The van der Waals surface area contributed by atoms with Crippen molar-refractivity contribution in [1.82, 2.24) is 5.06 Å². The number of rotatable bonds is 10. The monoisotopic (exact) mass is 329 g/mol. The van der Waals surface area contributed by atoms with Crippen LogP contribution in [0, 0.1) is 5.92 Å². The molecule has 134 valence electrons. The molecule has 0 aromatic heterocycles. The summed E-state index contributed by atoms with van der Waals surface area (Å²) in [5.41, 5.74) is 1.06. The second-order valence-corrected chi connectivity index (χ2v) is 6.36. The molecule has 0 unspecified atom stereocenters. The molecule has 0 spiro atoms. The third-order valence-corrected chi connectivity index (χ3v) is 4.38. The van der Waals surface area contributed by atoms with Gasteiger partial charge in [-0.15, -0.1) is 0 Å². The summed E-state index contributed by atoms with van der Waals surface area (Å²) in [4.78, 5) is 16.8. The van der Waals surface area contributed by atoms with Crippen molar-refractivity contribution in [3.63, 3.8) is 0 Å². The number of hydrogen-bond acceptors (Lipinski definition) is 5. The smallest absolute Gasteiger partial charge is 0.248 e. The third kappa shape index (κ3) is 6.59. The van der Waals surface area contributed by atoms with Crippen molar-refractivity contribution in [2.24, 2.45) is 5.92 Å². The minimum absolute atomic E-state index is 0.0269. The molecule has 6 heteroatoms. The molecule has 0 aliphatic carbocycles. The highest BCUT2D eigenvalue weighted by atomic mass is 16.7. The molecule has 1 fully saturated rings. The van der Waals surface area contributed by atoms with Crippen LogP contribution < -0.4 is 0 Å². The van der Waals surface area contributed by atoms with E-state index in [2.05, 4.69) is 6.58 Å². The van der Waals surface area contributed by atoms with Crippen LogP contribution in [-0.2, 0) is 14.4 Å². The van der Waals surface area contributed by atoms with Crippen LogP contribution in [0.2, 0.25) is 0 Å². The standard InChI is InChI=1S/C17H31NO5/c1-12-11-15(6-5-9-19)23-16(12)8-7-14(20)10-13(2)17(21)18(3)22-4/h13-16,19-20H,1,5-11H2,2-4H3/t13-,14-,15+,16+/m1/s1. The summed E-state index contributed by atoms with van der Waals surface area (Å²) in [5, 5.41) is 20.2. The van der Waals surface area contributed by atoms with Crippen molar-refractivity contribution >= 4 is 5.91 Å². The summed E-state index contributed by atoms with van der Waals surface area (Å²) >= 11 is 0. The van der Waals surface area contributed by atoms with Crippen LogP contribution in [0.5, 0.6) is 0 Å². The van der Waals surface area contributed by atoms with Crippen LogP contribution >= 0.6 is 0 Å². The molecule has 0 radical (unpaired) electrons. The molecule has 2 N–H and O–H groups in total. The second-order valence-electron chi connectivity index (χ2n) is 6.36. The number of hydrogen-bond donors (Lipinski definition) is 2. The molecule has 1 rings (SSSR count). The molecule has 0 saturated carbocycles. The molecule has 0 bridgehead atoms. The van der Waals surface area contributed by atoms with E-state index in [1.807, 2.05) is 0 Å². The van der Waals surface area contributed by atoms with Crippen LogP contribution in [0.15, 0.2) is 12.2 Å². The number of hydroxylamine groups is 2. The first-order chi connectivity index (χ1) is 10.9. The Morgan fingerprint density at radius 1 is 1.52 bits per heavy atom. The zero-order valence-corrected chi connectivity index (χ0v) is 14.5. The van der Waals surface area contributed by atoms with Crippen LogP contribution in [-0.4, -0.2) is 60.3 Å². The Morgan fingerprint density at radius 3 is 2.83 bits per heavy atom. The van der Waals surface area contributed by atoms with Gasteiger partial charge in [-0.3, -0.25) is 9.63 Å². The minimum atomic E-state index is -0.549. The molecule has 23 heavy (non-hydrogen) atoms. The first-order valence-electron chi connectivity index (χ1n) is 8.32. The highest BCUT2D eigenvalue weighted by Crippen LogP contribution is 2.30. The largest absolute Gasteiger partial charge is 0.396 e. The maximum Gasteiger partial charge on any atom is 0.248 e. The van der Waals surface area contributed by atoms with E-state index in [9.17, 15) is 9.90 Å². The number of carbonyl (C=O) groups is 1. The zero-order chi connectivity index (χ0) is 17.4. The van der Waals surface area contributed by atoms with Gasteiger partial charge in [0.2, 0.25) is 5.91 Å². The highest BCUT2D eigenvalue weighted by molar-refractivity contribution is 5.77. The van der Waals surface area contributed by atoms with Gasteiger partial charge in [0.1, 0.15) is 0 Å². The normalized spacial score (nSPS) is 23.8. The molecule has 1 amide bonds. The van der Waals surface area contributed by atoms with E-state index in [4.69, 9.17) is 14.7 Å². The summed E-state index contributed by atoms with van der Waals surface area (Å²) in [6.45, 7) is 6.02. The van der Waals surface area contributed by atoms with Crippen LogP contribution in [0.25, 0.3) is 0 Å². The molecule has 0 aromatic rings. The van der Waals surface area contributed by atoms with E-state index in [0.717, 1.165) is 24.8 Å². The van der Waals surface area contributed by atoms with E-state index < -0.39 is 6.10 Å². The predicted molar refractivity (Wildman–Crippen MR) is 87.5 cm³/mol. The van der Waals surface area contributed by atoms with Gasteiger partial charge in [0.25, 0.3) is 0 Å². The fraction of sp³-hybridized carbons (Fsp3) is 0.824. The molecule has 1 heterocycles. The Balaban J connectivity index is 2.31. The van der Waals surface area contributed by atoms with Crippen molar-refractivity contribution < 1.29 is 24.6 Å². The van der Waals surface area contributed by atoms with Crippen molar-refractivity contribution in [3.05, 3.63) is 12.2 Å². The summed E-state index contributed by atoms with van der Waals surface area (Å²) in [6.07, 6.45) is 3.64. The van der Waals surface area contributed by atoms with Crippen molar-refractivity contribution in [1.29, 1.82) is 0 Å². The van der Waals surface area contributed by atoms with E-state index in [0.29, 0.717) is 19.3 Å². The zero-order valence-electron chi connectivity index (χ0n) is 14.5. The van der Waals surface area contributed by atoms with E-state index in [-0.39, 0.29) is 30.6 Å². The highest BCUT2D eigenvalue weighted by Gasteiger charge is 2.29. The number of aliphatic hydroxyl groups excluding tert-OH is 2. The van der Waals surface area contributed by atoms with Gasteiger partial charge in [-0.1, -0.05) is 13.5 Å². The van der Waals surface area contributed by atoms with E-state index >= 15 is 0 Å². The maximum atomic E-state index is 11.9. The van der Waals surface area contributed by atoms with Gasteiger partial charge in [-0.2, -0.15) is 0 Å². The Labute approximate surface area is 139 Å². The van der Waals surface area contributed by atoms with Crippen LogP contribution in [0.1, 0.15) is 45.4 Å². The molecule has 4 atom stereocenters. The average Bonchev–Trinajstić information content (AvgIpc) is 2.89. The van der Waals surface area contributed by atoms with Gasteiger partial charge >= 0.3 is 0 Å². The van der Waals surface area contributed by atoms with Gasteiger partial charge < -0.3 is 14.9 Å². The van der Waals surface area contributed by atoms with Crippen molar-refractivity contribution in [2.45, 2.75) is 63.8 Å². The predicted octanol–water partition coefficient (Wildman–Crippen LogP) is 1.66. The molecule has 1 aliphatic heterocycles. The second kappa shape index (κ2) is 10.0. The quantitative estimate of drug-likeness (QED) is 0.471. The van der Waals surface area contributed by atoms with Crippen LogP contribution in [0.3, 0.4) is 0 Å². The topological polar surface area (TPSA) is 79.2 Å². The summed E-state index contributed by atoms with van der Waals surface area (Å²) < 4.78 is 5.92. The van der Waals surface area contributed by atoms with Crippen molar-refractivity contribution in [2.75, 3.05) is 20.8 Å². The summed E-state index contributed by atoms with van der Waals surface area (Å²) in [7, 11) is 3.01. The first kappa shape index (κ1) is 20.1. The number of carbonyl (C=O) groups excluding carboxylic acids is 1. The first-order valence-corrected chi connectivity index (χ1v) is 8.32. The van der Waals surface area contributed by atoms with E-state index in [1.54, 1.807) is 14.0 Å². The van der Waals surface area contributed by atoms with Gasteiger partial charge in [-0.05, 0) is 44.1 Å². The number of aliphatic hydroxyl groups is 2. The lowest BCUT2D eigenvalue weighted by atomic mass is 9.96. The van der Waals surface area contributed by atoms with Gasteiger partial charge in [0, 0.05) is 19.6 Å². The lowest BCUT2D eigenvalue weighted by molar-refractivity contribution is -0.173. The molecular formula is C17H31NO5. The fourth-order valence-electron chi connectivity index (χ4n) is 2.93. The number of amides is 1. The average molecular weight is 329 g/mol. The van der Waals surface area contributed by atoms with Crippen LogP contribution in [0.4, 0.5) is 0 Å². The maximum absolute atomic E-state index is 11.9. The van der Waals surface area contributed by atoms with Crippen molar-refractivity contribution in [3.8, 4) is 0 Å². The van der Waals surface area contributed by atoms with Gasteiger partial charge in [0.15, 0.2) is 0 Å². The number of ether oxygens (including phenoxy) is 1. The SMILES string of the molecule is C=C1C[C@H](CCCO)O[C@H]1CC[C@@H](O)C[C@@H](C)C(=O)N(C)OC. The van der Waals surface area contributed by atoms with Gasteiger partial charge in [-0.25, -0.2) is 5.06 Å². The van der Waals surface area contributed by atoms with Gasteiger partial charge in [0.05, 0.1) is 25.4 Å².